The van der Waals surface area contributed by atoms with Crippen LogP contribution in [-0.2, 0) is 4.74 Å². The highest BCUT2D eigenvalue weighted by Crippen LogP contribution is 2.35. The second-order valence-corrected chi connectivity index (χ2v) is 7.10. The van der Waals surface area contributed by atoms with Gasteiger partial charge in [0.2, 0.25) is 0 Å². The van der Waals surface area contributed by atoms with E-state index in [0.717, 1.165) is 19.1 Å². The Labute approximate surface area is 127 Å². The molecule has 1 aromatic heterocycles. The molecule has 1 saturated carbocycles. The van der Waals surface area contributed by atoms with Crippen molar-refractivity contribution in [1.82, 2.24) is 10.3 Å². The lowest BCUT2D eigenvalue weighted by atomic mass is 9.92. The summed E-state index contributed by atoms with van der Waals surface area (Å²) in [6.07, 6.45) is 8.21. The first-order valence-electron chi connectivity index (χ1n) is 7.88. The zero-order valence-corrected chi connectivity index (χ0v) is 13.9. The fraction of sp³-hybridized carbons (Fsp3) is 0.812. The van der Waals surface area contributed by atoms with Crippen molar-refractivity contribution in [1.29, 1.82) is 0 Å². The van der Waals surface area contributed by atoms with Crippen LogP contribution in [0.25, 0.3) is 0 Å². The molecule has 0 saturated heterocycles. The zero-order valence-electron chi connectivity index (χ0n) is 13.1. The number of aryl methyl sites for hydroxylation is 2. The standard InChI is InChI=1S/C16H28N2OS/c1-12-13(2)20-16(18-12)15(17-10-11-19-3)14-8-6-4-5-7-9-14/h14-15,17H,4-11H2,1-3H3. The third-order valence-corrected chi connectivity index (χ3v) is 5.51. The number of aromatic nitrogens is 1. The topological polar surface area (TPSA) is 34.1 Å². The molecule has 1 fully saturated rings. The van der Waals surface area contributed by atoms with Crippen molar-refractivity contribution in [2.45, 2.75) is 58.4 Å². The van der Waals surface area contributed by atoms with Gasteiger partial charge >= 0.3 is 0 Å². The van der Waals surface area contributed by atoms with Gasteiger partial charge in [-0.15, -0.1) is 11.3 Å². The third-order valence-electron chi connectivity index (χ3n) is 4.35. The van der Waals surface area contributed by atoms with E-state index >= 15 is 0 Å². The fourth-order valence-corrected chi connectivity index (χ4v) is 4.14. The molecule has 0 amide bonds. The Balaban J connectivity index is 2.09. The van der Waals surface area contributed by atoms with E-state index in [0.29, 0.717) is 6.04 Å². The molecule has 1 aromatic rings. The van der Waals surface area contributed by atoms with Gasteiger partial charge in [-0.1, -0.05) is 25.7 Å². The van der Waals surface area contributed by atoms with E-state index < -0.39 is 0 Å². The van der Waals surface area contributed by atoms with Crippen molar-refractivity contribution in [2.75, 3.05) is 20.3 Å². The summed E-state index contributed by atoms with van der Waals surface area (Å²) in [5, 5.41) is 4.98. The molecule has 1 N–H and O–H groups in total. The van der Waals surface area contributed by atoms with Crippen molar-refractivity contribution >= 4 is 11.3 Å². The second-order valence-electron chi connectivity index (χ2n) is 5.87. The molecule has 0 radical (unpaired) electrons. The van der Waals surface area contributed by atoms with Gasteiger partial charge in [0, 0.05) is 18.5 Å². The number of ether oxygens (including phenoxy) is 1. The molecule has 3 nitrogen and oxygen atoms in total. The molecule has 2 rings (SSSR count). The zero-order chi connectivity index (χ0) is 14.4. The molecule has 1 unspecified atom stereocenters. The number of methoxy groups -OCH3 is 1. The van der Waals surface area contributed by atoms with Crippen molar-refractivity contribution < 1.29 is 4.74 Å². The summed E-state index contributed by atoms with van der Waals surface area (Å²) in [5.74, 6) is 0.735. The summed E-state index contributed by atoms with van der Waals surface area (Å²) in [6, 6.07) is 0.417. The fourth-order valence-electron chi connectivity index (χ4n) is 3.05. The van der Waals surface area contributed by atoms with Gasteiger partial charge in [-0.05, 0) is 32.6 Å². The molecule has 1 aliphatic rings. The predicted octanol–water partition coefficient (Wildman–Crippen LogP) is 4.01. The molecular weight excluding hydrogens is 268 g/mol. The monoisotopic (exact) mass is 296 g/mol. The Morgan fingerprint density at radius 2 is 1.95 bits per heavy atom. The van der Waals surface area contributed by atoms with Gasteiger partial charge in [0.15, 0.2) is 0 Å². The first-order valence-corrected chi connectivity index (χ1v) is 8.70. The summed E-state index contributed by atoms with van der Waals surface area (Å²) >= 11 is 1.87. The molecule has 114 valence electrons. The van der Waals surface area contributed by atoms with Crippen LogP contribution < -0.4 is 5.32 Å². The van der Waals surface area contributed by atoms with Crippen molar-refractivity contribution in [3.63, 3.8) is 0 Å². The molecule has 0 aromatic carbocycles. The summed E-state index contributed by atoms with van der Waals surface area (Å²) in [6.45, 7) is 5.98. The molecule has 1 atom stereocenters. The van der Waals surface area contributed by atoms with Crippen LogP contribution in [-0.4, -0.2) is 25.2 Å². The van der Waals surface area contributed by atoms with Crippen LogP contribution in [0.5, 0.6) is 0 Å². The molecule has 0 bridgehead atoms. The maximum atomic E-state index is 5.19. The van der Waals surface area contributed by atoms with Gasteiger partial charge < -0.3 is 10.1 Å². The van der Waals surface area contributed by atoms with E-state index in [1.54, 1.807) is 7.11 Å². The molecule has 1 aliphatic carbocycles. The Bertz CT molecular complexity index is 378. The van der Waals surface area contributed by atoms with Gasteiger partial charge in [0.1, 0.15) is 5.01 Å². The van der Waals surface area contributed by atoms with Crippen LogP contribution in [0.2, 0.25) is 0 Å². The van der Waals surface area contributed by atoms with E-state index in [1.165, 1.54) is 54.1 Å². The lowest BCUT2D eigenvalue weighted by Crippen LogP contribution is -2.30. The largest absolute Gasteiger partial charge is 0.383 e. The van der Waals surface area contributed by atoms with Crippen LogP contribution in [0.15, 0.2) is 0 Å². The smallest absolute Gasteiger partial charge is 0.110 e. The van der Waals surface area contributed by atoms with E-state index in [9.17, 15) is 0 Å². The van der Waals surface area contributed by atoms with Crippen LogP contribution in [0.4, 0.5) is 0 Å². The summed E-state index contributed by atoms with van der Waals surface area (Å²) in [4.78, 5) is 6.16. The van der Waals surface area contributed by atoms with E-state index in [-0.39, 0.29) is 0 Å². The number of nitrogens with one attached hydrogen (secondary N) is 1. The van der Waals surface area contributed by atoms with E-state index in [1.807, 2.05) is 11.3 Å². The minimum absolute atomic E-state index is 0.417. The average Bonchev–Trinajstić information content (AvgIpc) is 2.66. The molecule has 1 heterocycles. The highest BCUT2D eigenvalue weighted by atomic mass is 32.1. The van der Waals surface area contributed by atoms with Crippen molar-refractivity contribution in [3.8, 4) is 0 Å². The van der Waals surface area contributed by atoms with Gasteiger partial charge in [0.05, 0.1) is 18.3 Å². The quantitative estimate of drug-likeness (QED) is 0.636. The van der Waals surface area contributed by atoms with Crippen LogP contribution in [0, 0.1) is 19.8 Å². The van der Waals surface area contributed by atoms with Crippen molar-refractivity contribution in [3.05, 3.63) is 15.6 Å². The van der Waals surface area contributed by atoms with Gasteiger partial charge in [-0.2, -0.15) is 0 Å². The minimum Gasteiger partial charge on any atom is -0.383 e. The Morgan fingerprint density at radius 3 is 2.50 bits per heavy atom. The Hall–Kier alpha value is -0.450. The predicted molar refractivity (Wildman–Crippen MR) is 85.4 cm³/mol. The Kier molecular flexibility index (Phi) is 6.46. The molecule has 4 heteroatoms. The lowest BCUT2D eigenvalue weighted by molar-refractivity contribution is 0.188. The summed E-state index contributed by atoms with van der Waals surface area (Å²) in [5.41, 5.74) is 1.19. The van der Waals surface area contributed by atoms with Gasteiger partial charge in [-0.3, -0.25) is 0 Å². The van der Waals surface area contributed by atoms with E-state index in [2.05, 4.69) is 19.2 Å². The number of nitrogens with zero attached hydrogens (tertiary/aromatic N) is 1. The van der Waals surface area contributed by atoms with E-state index in [4.69, 9.17) is 9.72 Å². The summed E-state index contributed by atoms with van der Waals surface area (Å²) < 4.78 is 5.19. The lowest BCUT2D eigenvalue weighted by Gasteiger charge is -2.25. The maximum Gasteiger partial charge on any atom is 0.110 e. The summed E-state index contributed by atoms with van der Waals surface area (Å²) in [7, 11) is 1.76. The van der Waals surface area contributed by atoms with Gasteiger partial charge in [-0.25, -0.2) is 4.98 Å². The molecule has 0 aliphatic heterocycles. The van der Waals surface area contributed by atoms with Crippen LogP contribution in [0.1, 0.15) is 60.1 Å². The van der Waals surface area contributed by atoms with Crippen LogP contribution in [0.3, 0.4) is 0 Å². The third kappa shape index (κ3) is 4.27. The highest BCUT2D eigenvalue weighted by Gasteiger charge is 2.26. The Morgan fingerprint density at radius 1 is 1.25 bits per heavy atom. The second kappa shape index (κ2) is 8.11. The maximum absolute atomic E-state index is 5.19. The normalized spacial score (nSPS) is 18.9. The van der Waals surface area contributed by atoms with Gasteiger partial charge in [0.25, 0.3) is 0 Å². The SMILES string of the molecule is COCCNC(c1nc(C)c(C)s1)C1CCCCCC1. The van der Waals surface area contributed by atoms with Crippen molar-refractivity contribution in [2.24, 2.45) is 5.92 Å². The number of thiazole rings is 1. The number of hydrogen-bond donors (Lipinski definition) is 1. The highest BCUT2D eigenvalue weighted by molar-refractivity contribution is 7.11. The number of hydrogen-bond acceptors (Lipinski definition) is 4. The molecular formula is C16H28N2OS. The first kappa shape index (κ1) is 15.9. The average molecular weight is 296 g/mol. The molecule has 20 heavy (non-hydrogen) atoms. The first-order chi connectivity index (χ1) is 9.72. The number of rotatable bonds is 6. The van der Waals surface area contributed by atoms with Crippen LogP contribution >= 0.6 is 11.3 Å². The molecule has 0 spiro atoms. The minimum atomic E-state index is 0.417.